The van der Waals surface area contributed by atoms with E-state index in [2.05, 4.69) is 21.4 Å². The highest BCUT2D eigenvalue weighted by Gasteiger charge is 2.30. The van der Waals surface area contributed by atoms with Crippen molar-refractivity contribution in [1.29, 1.82) is 0 Å². The second-order valence-electron chi connectivity index (χ2n) is 10.2. The molecule has 0 radical (unpaired) electrons. The Kier molecular flexibility index (Phi) is 6.49. The van der Waals surface area contributed by atoms with E-state index in [0.717, 1.165) is 28.8 Å². The Morgan fingerprint density at radius 2 is 1.95 bits per heavy atom. The zero-order chi connectivity index (χ0) is 28.1. The second kappa shape index (κ2) is 10.3. The molecular formula is C29H25F2N5O4S. The monoisotopic (exact) mass is 577 g/mol. The fourth-order valence-corrected chi connectivity index (χ4v) is 6.20. The van der Waals surface area contributed by atoms with Gasteiger partial charge in [-0.25, -0.2) is 18.7 Å². The number of hydrogen-bond acceptors (Lipinski definition) is 8. The number of hydrogen-bond donors (Lipinski definition) is 1. The SMILES string of the molecule is O=C(NCc1cc2nc(N3CCOc4cc(C5CC5)cnc43)ccc2cn1)c1cc(F)c2c(c1)S(=O)C(F)CCO2. The maximum Gasteiger partial charge on any atom is 0.251 e. The fourth-order valence-electron chi connectivity index (χ4n) is 5.03. The first-order valence-corrected chi connectivity index (χ1v) is 14.6. The van der Waals surface area contributed by atoms with Crippen LogP contribution >= 0.6 is 0 Å². The van der Waals surface area contributed by atoms with Crippen molar-refractivity contribution in [3.8, 4) is 11.5 Å². The van der Waals surface area contributed by atoms with Crippen molar-refractivity contribution in [3.63, 3.8) is 0 Å². The van der Waals surface area contributed by atoms with E-state index in [1.54, 1.807) is 12.3 Å². The first-order chi connectivity index (χ1) is 19.9. The summed E-state index contributed by atoms with van der Waals surface area (Å²) in [5.41, 5.74) is 0.640. The number of pyridine rings is 3. The topological polar surface area (TPSA) is 107 Å². The van der Waals surface area contributed by atoms with Gasteiger partial charge >= 0.3 is 0 Å². The largest absolute Gasteiger partial charge is 0.489 e. The van der Waals surface area contributed by atoms with Crippen LogP contribution in [-0.4, -0.2) is 50.3 Å². The molecule has 5 heterocycles. The molecule has 1 aromatic carbocycles. The van der Waals surface area contributed by atoms with Gasteiger partial charge in [-0.05, 0) is 60.7 Å². The molecule has 2 unspecified atom stereocenters. The maximum absolute atomic E-state index is 14.7. The zero-order valence-corrected chi connectivity index (χ0v) is 22.6. The Morgan fingerprint density at radius 3 is 2.80 bits per heavy atom. The molecule has 4 aromatic rings. The summed E-state index contributed by atoms with van der Waals surface area (Å²) >= 11 is 0. The third-order valence-electron chi connectivity index (χ3n) is 7.37. The fraction of sp³-hybridized carbons (Fsp3) is 0.310. The molecule has 41 heavy (non-hydrogen) atoms. The van der Waals surface area contributed by atoms with Gasteiger partial charge in [-0.2, -0.15) is 0 Å². The number of halogens is 2. The number of ether oxygens (including phenoxy) is 2. The highest BCUT2D eigenvalue weighted by molar-refractivity contribution is 7.85. The van der Waals surface area contributed by atoms with Crippen LogP contribution in [0.5, 0.6) is 11.5 Å². The van der Waals surface area contributed by atoms with Gasteiger partial charge in [0.05, 0.1) is 46.6 Å². The van der Waals surface area contributed by atoms with Crippen LogP contribution in [0.1, 0.15) is 46.8 Å². The lowest BCUT2D eigenvalue weighted by molar-refractivity contribution is 0.0949. The van der Waals surface area contributed by atoms with Crippen LogP contribution in [0.25, 0.3) is 10.9 Å². The molecule has 1 N–H and O–H groups in total. The van der Waals surface area contributed by atoms with E-state index in [1.807, 2.05) is 23.2 Å². The van der Waals surface area contributed by atoms with E-state index in [9.17, 15) is 17.8 Å². The van der Waals surface area contributed by atoms with Crippen LogP contribution in [0.4, 0.5) is 20.4 Å². The summed E-state index contributed by atoms with van der Waals surface area (Å²) in [6.07, 6.45) is 5.84. The van der Waals surface area contributed by atoms with Crippen molar-refractivity contribution in [2.24, 2.45) is 0 Å². The summed E-state index contributed by atoms with van der Waals surface area (Å²) < 4.78 is 52.4. The van der Waals surface area contributed by atoms with Crippen LogP contribution in [-0.2, 0) is 17.3 Å². The summed E-state index contributed by atoms with van der Waals surface area (Å²) in [5.74, 6) is 1.02. The number of anilines is 2. The van der Waals surface area contributed by atoms with Crippen LogP contribution in [0, 0.1) is 5.82 Å². The molecule has 0 spiro atoms. The number of nitrogens with zero attached hydrogens (tertiary/aromatic N) is 4. The Balaban J connectivity index is 1.10. The van der Waals surface area contributed by atoms with E-state index in [1.165, 1.54) is 24.5 Å². The molecule has 1 amide bonds. The molecule has 210 valence electrons. The van der Waals surface area contributed by atoms with E-state index in [-0.39, 0.29) is 35.8 Å². The number of aromatic nitrogens is 3. The molecule has 2 aliphatic heterocycles. The summed E-state index contributed by atoms with van der Waals surface area (Å²) in [7, 11) is -2.14. The lowest BCUT2D eigenvalue weighted by atomic mass is 10.1. The van der Waals surface area contributed by atoms with Crippen LogP contribution in [0.3, 0.4) is 0 Å². The molecular weight excluding hydrogens is 552 g/mol. The number of amides is 1. The molecule has 1 aliphatic carbocycles. The van der Waals surface area contributed by atoms with Gasteiger partial charge < -0.3 is 19.7 Å². The summed E-state index contributed by atoms with van der Waals surface area (Å²) in [4.78, 5) is 28.7. The maximum atomic E-state index is 14.7. The first kappa shape index (κ1) is 25.8. The lowest BCUT2D eigenvalue weighted by Gasteiger charge is -2.29. The number of rotatable bonds is 5. The molecule has 9 nitrogen and oxygen atoms in total. The summed E-state index contributed by atoms with van der Waals surface area (Å²) in [6, 6.07) is 9.91. The number of nitrogens with one attached hydrogen (secondary N) is 1. The van der Waals surface area contributed by atoms with Gasteiger partial charge in [0.25, 0.3) is 5.91 Å². The van der Waals surface area contributed by atoms with Gasteiger partial charge in [0.1, 0.15) is 12.4 Å². The van der Waals surface area contributed by atoms with Gasteiger partial charge in [-0.1, -0.05) is 0 Å². The van der Waals surface area contributed by atoms with Crippen molar-refractivity contribution in [2.75, 3.05) is 24.7 Å². The molecule has 1 saturated carbocycles. The Bertz CT molecular complexity index is 1720. The molecule has 0 bridgehead atoms. The summed E-state index contributed by atoms with van der Waals surface area (Å²) in [6.45, 7) is 1.06. The molecule has 12 heteroatoms. The van der Waals surface area contributed by atoms with Gasteiger partial charge in [0, 0.05) is 29.8 Å². The Labute approximate surface area is 236 Å². The standard InChI is InChI=1S/C29H25F2N5O4S/c30-21-9-18(11-24-27(21)40-7-5-25(31)41(24)38)29(37)34-15-20-12-22-17(13-32-20)3-4-26(35-22)36-6-8-39-23-10-19(16-1-2-16)14-33-28(23)36/h3-4,9-14,16,25H,1-2,5-8,15H2,(H,34,37). The normalized spacial score (nSPS) is 19.9. The van der Waals surface area contributed by atoms with E-state index >= 15 is 0 Å². The molecule has 3 aliphatic rings. The third-order valence-corrected chi connectivity index (χ3v) is 8.80. The number of carbonyl (C=O) groups is 1. The highest BCUT2D eigenvalue weighted by atomic mass is 32.2. The quantitative estimate of drug-likeness (QED) is 0.364. The van der Waals surface area contributed by atoms with Gasteiger partial charge in [-0.3, -0.25) is 14.0 Å². The number of fused-ring (bicyclic) bond motifs is 3. The van der Waals surface area contributed by atoms with Crippen molar-refractivity contribution in [3.05, 3.63) is 71.4 Å². The molecule has 1 fully saturated rings. The average Bonchev–Trinajstić information content (AvgIpc) is 3.85. The van der Waals surface area contributed by atoms with Crippen LogP contribution in [0.2, 0.25) is 0 Å². The van der Waals surface area contributed by atoms with Crippen LogP contribution < -0.4 is 19.7 Å². The minimum Gasteiger partial charge on any atom is -0.489 e. The van der Waals surface area contributed by atoms with E-state index in [0.29, 0.717) is 30.3 Å². The Morgan fingerprint density at radius 1 is 1.07 bits per heavy atom. The minimum atomic E-state index is -2.14. The second-order valence-corrected chi connectivity index (χ2v) is 11.8. The lowest BCUT2D eigenvalue weighted by Crippen LogP contribution is -2.30. The predicted molar refractivity (Wildman–Crippen MR) is 147 cm³/mol. The van der Waals surface area contributed by atoms with Gasteiger partial charge in [-0.15, -0.1) is 0 Å². The molecule has 0 saturated heterocycles. The molecule has 2 atom stereocenters. The van der Waals surface area contributed by atoms with Gasteiger partial charge in [0.15, 0.2) is 28.6 Å². The molecule has 7 rings (SSSR count). The summed E-state index contributed by atoms with van der Waals surface area (Å²) in [5, 5.41) is 3.52. The van der Waals surface area contributed by atoms with E-state index < -0.39 is 28.0 Å². The highest BCUT2D eigenvalue weighted by Crippen LogP contribution is 2.43. The Hall–Kier alpha value is -4.19. The number of carbonyl (C=O) groups excluding carboxylic acids is 1. The average molecular weight is 578 g/mol. The van der Waals surface area contributed by atoms with Crippen molar-refractivity contribution < 1.29 is 27.3 Å². The van der Waals surface area contributed by atoms with Crippen molar-refractivity contribution >= 4 is 39.2 Å². The predicted octanol–water partition coefficient (Wildman–Crippen LogP) is 4.69. The molecule has 3 aromatic heterocycles. The number of benzene rings is 1. The number of alkyl halides is 1. The third kappa shape index (κ3) is 4.96. The van der Waals surface area contributed by atoms with Crippen LogP contribution in [0.15, 0.2) is 53.7 Å². The van der Waals surface area contributed by atoms with Crippen molar-refractivity contribution in [1.82, 2.24) is 20.3 Å². The first-order valence-electron chi connectivity index (χ1n) is 13.4. The van der Waals surface area contributed by atoms with E-state index in [4.69, 9.17) is 14.5 Å². The minimum absolute atomic E-state index is 0.0383. The smallest absolute Gasteiger partial charge is 0.251 e. The van der Waals surface area contributed by atoms with Gasteiger partial charge in [0.2, 0.25) is 0 Å². The van der Waals surface area contributed by atoms with Crippen molar-refractivity contribution in [2.45, 2.75) is 42.1 Å². The zero-order valence-electron chi connectivity index (χ0n) is 21.8.